The van der Waals surface area contributed by atoms with Crippen LogP contribution in [0, 0.1) is 5.82 Å². The summed E-state index contributed by atoms with van der Waals surface area (Å²) in [4.78, 5) is 25.1. The van der Waals surface area contributed by atoms with E-state index in [0.717, 1.165) is 30.5 Å². The summed E-state index contributed by atoms with van der Waals surface area (Å²) in [7, 11) is 0. The molecule has 3 rings (SSSR count). The molecule has 0 unspecified atom stereocenters. The lowest BCUT2D eigenvalue weighted by Crippen LogP contribution is -2.24. The molecule has 1 aromatic heterocycles. The quantitative estimate of drug-likeness (QED) is 0.139. The fourth-order valence-corrected chi connectivity index (χ4v) is 3.44. The van der Waals surface area contributed by atoms with Crippen molar-refractivity contribution in [2.75, 3.05) is 55.5 Å². The van der Waals surface area contributed by atoms with Crippen molar-refractivity contribution in [3.8, 4) is 5.75 Å². The van der Waals surface area contributed by atoms with Crippen molar-refractivity contribution < 1.29 is 23.8 Å². The fraction of sp³-hybridized carbons (Fsp3) is 0.429. The van der Waals surface area contributed by atoms with Crippen LogP contribution in [0.15, 0.2) is 48.5 Å². The number of halogens is 1. The predicted molar refractivity (Wildman–Crippen MR) is 152 cm³/mol. The van der Waals surface area contributed by atoms with Crippen molar-refractivity contribution in [1.29, 1.82) is 0 Å². The average molecular weight is 556 g/mol. The minimum absolute atomic E-state index is 0.108. The van der Waals surface area contributed by atoms with Crippen molar-refractivity contribution in [2.45, 2.75) is 39.3 Å². The van der Waals surface area contributed by atoms with E-state index in [-0.39, 0.29) is 23.9 Å². The maximum atomic E-state index is 13.5. The van der Waals surface area contributed by atoms with Crippen LogP contribution >= 0.6 is 0 Å². The van der Waals surface area contributed by atoms with Gasteiger partial charge in [0.05, 0.1) is 26.4 Å². The number of amides is 1. The second kappa shape index (κ2) is 17.5. The molecule has 0 radical (unpaired) electrons. The van der Waals surface area contributed by atoms with Crippen LogP contribution in [-0.4, -0.2) is 65.5 Å². The summed E-state index contributed by atoms with van der Waals surface area (Å²) in [5, 5.41) is 21.6. The van der Waals surface area contributed by atoms with Crippen LogP contribution in [0.3, 0.4) is 0 Å². The molecule has 2 aromatic carbocycles. The minimum atomic E-state index is -0.294. The van der Waals surface area contributed by atoms with Gasteiger partial charge >= 0.3 is 0 Å². The monoisotopic (exact) mass is 555 g/mol. The highest BCUT2D eigenvalue weighted by atomic mass is 19.1. The summed E-state index contributed by atoms with van der Waals surface area (Å²) < 4.78 is 24.5. The van der Waals surface area contributed by atoms with Gasteiger partial charge in [0, 0.05) is 32.6 Å². The van der Waals surface area contributed by atoms with E-state index in [9.17, 15) is 14.3 Å². The summed E-state index contributed by atoms with van der Waals surface area (Å²) in [5.74, 6) is 1.02. The Morgan fingerprint density at radius 1 is 0.825 bits per heavy atom. The highest BCUT2D eigenvalue weighted by Crippen LogP contribution is 2.12. The number of phenolic OH excluding ortho intramolecular Hbond substituents is 1. The summed E-state index contributed by atoms with van der Waals surface area (Å²) >= 11 is 0. The van der Waals surface area contributed by atoms with Crippen LogP contribution in [0.5, 0.6) is 5.75 Å². The summed E-state index contributed by atoms with van der Waals surface area (Å²) in [5.41, 5.74) is 1.69. The molecular weight excluding hydrogens is 517 g/mol. The van der Waals surface area contributed by atoms with Crippen LogP contribution < -0.4 is 21.3 Å². The van der Waals surface area contributed by atoms with Crippen molar-refractivity contribution in [3.63, 3.8) is 0 Å². The summed E-state index contributed by atoms with van der Waals surface area (Å²) in [6.07, 6.45) is 2.28. The van der Waals surface area contributed by atoms with Crippen molar-refractivity contribution in [3.05, 3.63) is 65.5 Å². The first-order valence-corrected chi connectivity index (χ1v) is 13.4. The number of nitrogens with zero attached hydrogens (tertiary/aromatic N) is 3. The molecule has 12 heteroatoms. The summed E-state index contributed by atoms with van der Waals surface area (Å²) in [6.45, 7) is 5.57. The van der Waals surface area contributed by atoms with E-state index in [1.165, 1.54) is 12.1 Å². The number of nitrogens with one attached hydrogen (secondary N) is 4. The second-order valence-corrected chi connectivity index (χ2v) is 8.91. The van der Waals surface area contributed by atoms with Gasteiger partial charge in [-0.3, -0.25) is 4.79 Å². The van der Waals surface area contributed by atoms with E-state index in [1.807, 2.05) is 6.07 Å². The number of ether oxygens (including phenoxy) is 2. The first-order valence-electron chi connectivity index (χ1n) is 13.4. The Hall–Kier alpha value is -4.03. The van der Waals surface area contributed by atoms with Gasteiger partial charge in [0.25, 0.3) is 0 Å². The first kappa shape index (κ1) is 30.5. The molecule has 1 heterocycles. The van der Waals surface area contributed by atoms with Crippen LogP contribution in [0.4, 0.5) is 22.2 Å². The third-order valence-corrected chi connectivity index (χ3v) is 5.59. The van der Waals surface area contributed by atoms with Gasteiger partial charge in [0.15, 0.2) is 0 Å². The number of aromatic hydroxyl groups is 1. The number of anilines is 3. The number of unbranched alkanes of at least 4 members (excludes halogenated alkanes) is 1. The lowest BCUT2D eigenvalue weighted by Gasteiger charge is -2.12. The molecule has 0 saturated carbocycles. The van der Waals surface area contributed by atoms with Gasteiger partial charge in [-0.15, -0.1) is 0 Å². The SMILES string of the molecule is CCCCNc1nc(NCCOCCOCCC(=O)NCc2ccc(O)cc2)nc(NCc2cccc(F)c2)n1. The van der Waals surface area contributed by atoms with Crippen molar-refractivity contribution >= 4 is 23.8 Å². The Kier molecular flexibility index (Phi) is 13.4. The van der Waals surface area contributed by atoms with Crippen LogP contribution in [0.2, 0.25) is 0 Å². The number of aromatic nitrogens is 3. The maximum absolute atomic E-state index is 13.5. The zero-order valence-corrected chi connectivity index (χ0v) is 22.8. The number of phenols is 1. The number of rotatable bonds is 19. The largest absolute Gasteiger partial charge is 0.508 e. The number of carbonyl (C=O) groups is 1. The average Bonchev–Trinajstić information content (AvgIpc) is 2.95. The van der Waals surface area contributed by atoms with E-state index in [2.05, 4.69) is 43.1 Å². The Labute approximate surface area is 233 Å². The Morgan fingerprint density at radius 3 is 2.20 bits per heavy atom. The van der Waals surface area contributed by atoms with E-state index in [0.29, 0.717) is 63.9 Å². The zero-order valence-electron chi connectivity index (χ0n) is 22.8. The highest BCUT2D eigenvalue weighted by Gasteiger charge is 2.07. The maximum Gasteiger partial charge on any atom is 0.229 e. The lowest BCUT2D eigenvalue weighted by molar-refractivity contribution is -0.122. The van der Waals surface area contributed by atoms with Gasteiger partial charge in [0.1, 0.15) is 11.6 Å². The number of benzene rings is 2. The molecule has 40 heavy (non-hydrogen) atoms. The van der Waals surface area contributed by atoms with Gasteiger partial charge < -0.3 is 35.8 Å². The molecule has 3 aromatic rings. The molecule has 0 bridgehead atoms. The van der Waals surface area contributed by atoms with Crippen molar-refractivity contribution in [2.24, 2.45) is 0 Å². The fourth-order valence-electron chi connectivity index (χ4n) is 3.44. The highest BCUT2D eigenvalue weighted by molar-refractivity contribution is 5.75. The number of carbonyl (C=O) groups excluding carboxylic acids is 1. The molecular formula is C28H38FN7O4. The Morgan fingerprint density at radius 2 is 1.50 bits per heavy atom. The van der Waals surface area contributed by atoms with Gasteiger partial charge in [-0.2, -0.15) is 15.0 Å². The molecule has 5 N–H and O–H groups in total. The van der Waals surface area contributed by atoms with Crippen LogP contribution in [0.1, 0.15) is 37.3 Å². The third-order valence-electron chi connectivity index (χ3n) is 5.59. The zero-order chi connectivity index (χ0) is 28.4. The minimum Gasteiger partial charge on any atom is -0.508 e. The van der Waals surface area contributed by atoms with Gasteiger partial charge in [-0.1, -0.05) is 37.6 Å². The third kappa shape index (κ3) is 12.2. The Bertz CT molecular complexity index is 1170. The first-order chi connectivity index (χ1) is 19.5. The molecule has 216 valence electrons. The van der Waals surface area contributed by atoms with Gasteiger partial charge in [-0.05, 0) is 41.8 Å². The number of hydrogen-bond acceptors (Lipinski definition) is 10. The van der Waals surface area contributed by atoms with Crippen molar-refractivity contribution in [1.82, 2.24) is 20.3 Å². The molecule has 0 aliphatic rings. The topological polar surface area (TPSA) is 143 Å². The van der Waals surface area contributed by atoms with Gasteiger partial charge in [0.2, 0.25) is 23.8 Å². The molecule has 1 amide bonds. The standard InChI is InChI=1S/C28H38FN7O4/c1-2-3-12-30-26-34-27(36-28(35-26)33-20-22-5-4-6-23(29)18-22)31-13-15-40-17-16-39-14-11-25(38)32-19-21-7-9-24(37)10-8-21/h4-10,18,37H,2-3,11-17,19-20H2,1H3,(H,32,38)(H3,30,31,33,34,35,36). The normalized spacial score (nSPS) is 10.8. The Balaban J connectivity index is 1.31. The van der Waals surface area contributed by atoms with Gasteiger partial charge in [-0.25, -0.2) is 4.39 Å². The predicted octanol–water partition coefficient (Wildman–Crippen LogP) is 3.69. The van der Waals surface area contributed by atoms with Crippen LogP contribution in [-0.2, 0) is 27.4 Å². The molecule has 0 fully saturated rings. The molecule has 0 atom stereocenters. The summed E-state index contributed by atoms with van der Waals surface area (Å²) in [6, 6.07) is 13.0. The molecule has 0 aliphatic heterocycles. The molecule has 0 saturated heterocycles. The molecule has 0 aliphatic carbocycles. The van der Waals surface area contributed by atoms with E-state index in [1.54, 1.807) is 30.3 Å². The van der Waals surface area contributed by atoms with E-state index >= 15 is 0 Å². The molecule has 0 spiro atoms. The van der Waals surface area contributed by atoms with E-state index in [4.69, 9.17) is 9.47 Å². The molecule has 11 nitrogen and oxygen atoms in total. The lowest BCUT2D eigenvalue weighted by atomic mass is 10.2. The smallest absolute Gasteiger partial charge is 0.229 e. The second-order valence-electron chi connectivity index (χ2n) is 8.91. The van der Waals surface area contributed by atoms with Crippen LogP contribution in [0.25, 0.3) is 0 Å². The van der Waals surface area contributed by atoms with E-state index < -0.39 is 0 Å². The number of hydrogen-bond donors (Lipinski definition) is 5.